The highest BCUT2D eigenvalue weighted by Gasteiger charge is 2.08. The molecule has 3 nitrogen and oxygen atoms in total. The van der Waals surface area contributed by atoms with Crippen LogP contribution < -0.4 is 0 Å². The van der Waals surface area contributed by atoms with Crippen molar-refractivity contribution in [3.05, 3.63) is 48.0 Å². The van der Waals surface area contributed by atoms with Gasteiger partial charge in [-0.05, 0) is 18.2 Å². The maximum Gasteiger partial charge on any atom is 0.130 e. The summed E-state index contributed by atoms with van der Waals surface area (Å²) in [7, 11) is 0. The van der Waals surface area contributed by atoms with Crippen molar-refractivity contribution in [3.8, 4) is 5.69 Å². The van der Waals surface area contributed by atoms with Gasteiger partial charge in [-0.2, -0.15) is 5.10 Å². The maximum absolute atomic E-state index is 13.2. The molecule has 0 radical (unpaired) electrons. The molecule has 0 unspecified atom stereocenters. The van der Waals surface area contributed by atoms with Crippen molar-refractivity contribution >= 4 is 0 Å². The lowest BCUT2D eigenvalue weighted by molar-refractivity contribution is 0.275. The van der Waals surface area contributed by atoms with Crippen LogP contribution in [0.1, 0.15) is 5.56 Å². The lowest BCUT2D eigenvalue weighted by atomic mass is 10.2. The standard InChI is InChI=1S/C10H9FN2O/c11-9-3-1-4-10(8(9)7-14)13-6-2-5-12-13/h1-6,14H,7H2. The molecule has 0 aliphatic rings. The summed E-state index contributed by atoms with van der Waals surface area (Å²) in [6, 6.07) is 6.36. The van der Waals surface area contributed by atoms with Crippen LogP contribution in [0.25, 0.3) is 5.69 Å². The van der Waals surface area contributed by atoms with Crippen LogP contribution >= 0.6 is 0 Å². The first-order chi connectivity index (χ1) is 6.83. The smallest absolute Gasteiger partial charge is 0.130 e. The van der Waals surface area contributed by atoms with Crippen molar-refractivity contribution in [2.45, 2.75) is 6.61 Å². The van der Waals surface area contributed by atoms with Crippen molar-refractivity contribution in [3.63, 3.8) is 0 Å². The van der Waals surface area contributed by atoms with Gasteiger partial charge in [0.25, 0.3) is 0 Å². The van der Waals surface area contributed by atoms with E-state index in [1.165, 1.54) is 10.7 Å². The third kappa shape index (κ3) is 1.40. The van der Waals surface area contributed by atoms with Crippen LogP contribution in [0, 0.1) is 5.82 Å². The summed E-state index contributed by atoms with van der Waals surface area (Å²) >= 11 is 0. The first kappa shape index (κ1) is 8.90. The second-order valence-corrected chi connectivity index (χ2v) is 2.85. The predicted molar refractivity (Wildman–Crippen MR) is 49.4 cm³/mol. The Kier molecular flexibility index (Phi) is 2.28. The number of benzene rings is 1. The minimum atomic E-state index is -0.416. The van der Waals surface area contributed by atoms with E-state index in [9.17, 15) is 4.39 Å². The third-order valence-electron chi connectivity index (χ3n) is 2.00. The zero-order valence-electron chi connectivity index (χ0n) is 7.39. The molecule has 0 aliphatic heterocycles. The topological polar surface area (TPSA) is 38.0 Å². The van der Waals surface area contributed by atoms with E-state index >= 15 is 0 Å². The highest BCUT2D eigenvalue weighted by molar-refractivity contribution is 5.40. The minimum Gasteiger partial charge on any atom is -0.391 e. The van der Waals surface area contributed by atoms with Crippen molar-refractivity contribution in [1.29, 1.82) is 0 Å². The van der Waals surface area contributed by atoms with E-state index in [-0.39, 0.29) is 12.2 Å². The summed E-state index contributed by atoms with van der Waals surface area (Å²) in [5.41, 5.74) is 0.828. The Morgan fingerprint density at radius 1 is 1.36 bits per heavy atom. The first-order valence-electron chi connectivity index (χ1n) is 4.21. The van der Waals surface area contributed by atoms with E-state index in [1.807, 2.05) is 0 Å². The van der Waals surface area contributed by atoms with Crippen LogP contribution in [0.15, 0.2) is 36.7 Å². The average molecular weight is 192 g/mol. The monoisotopic (exact) mass is 192 g/mol. The van der Waals surface area contributed by atoms with Crippen LogP contribution in [0.3, 0.4) is 0 Å². The number of rotatable bonds is 2. The molecule has 1 aromatic heterocycles. The van der Waals surface area contributed by atoms with E-state index in [1.54, 1.807) is 30.6 Å². The second-order valence-electron chi connectivity index (χ2n) is 2.85. The second kappa shape index (κ2) is 3.59. The molecule has 0 fully saturated rings. The molecule has 2 aromatic rings. The summed E-state index contributed by atoms with van der Waals surface area (Å²) in [5.74, 6) is -0.416. The largest absolute Gasteiger partial charge is 0.391 e. The van der Waals surface area contributed by atoms with Gasteiger partial charge in [0.15, 0.2) is 0 Å². The zero-order valence-corrected chi connectivity index (χ0v) is 7.39. The molecule has 1 N–H and O–H groups in total. The van der Waals surface area contributed by atoms with Crippen molar-refractivity contribution in [1.82, 2.24) is 9.78 Å². The summed E-state index contributed by atoms with van der Waals surface area (Å²) in [6.45, 7) is -0.331. The highest BCUT2D eigenvalue weighted by atomic mass is 19.1. The summed E-state index contributed by atoms with van der Waals surface area (Å²) < 4.78 is 14.8. The van der Waals surface area contributed by atoms with E-state index in [2.05, 4.69) is 5.10 Å². The quantitative estimate of drug-likeness (QED) is 0.783. The van der Waals surface area contributed by atoms with Crippen molar-refractivity contribution in [2.24, 2.45) is 0 Å². The molecule has 1 aromatic carbocycles. The Labute approximate surface area is 80.4 Å². The predicted octanol–water partition coefficient (Wildman–Crippen LogP) is 1.50. The van der Waals surface area contributed by atoms with Crippen molar-refractivity contribution < 1.29 is 9.50 Å². The van der Waals surface area contributed by atoms with Crippen LogP contribution in [0.2, 0.25) is 0 Å². The Hall–Kier alpha value is -1.68. The average Bonchev–Trinajstić information content (AvgIpc) is 2.70. The molecule has 0 amide bonds. The Bertz CT molecular complexity index is 426. The fourth-order valence-corrected chi connectivity index (χ4v) is 1.33. The Balaban J connectivity index is 2.58. The fourth-order valence-electron chi connectivity index (χ4n) is 1.33. The summed E-state index contributed by atoms with van der Waals surface area (Å²) in [4.78, 5) is 0. The van der Waals surface area contributed by atoms with E-state index < -0.39 is 5.82 Å². The molecular weight excluding hydrogens is 183 g/mol. The number of aromatic nitrogens is 2. The molecule has 1 heterocycles. The van der Waals surface area contributed by atoms with Gasteiger partial charge in [0.2, 0.25) is 0 Å². The first-order valence-corrected chi connectivity index (χ1v) is 4.21. The number of hydrogen-bond donors (Lipinski definition) is 1. The molecule has 0 atom stereocenters. The van der Waals surface area contributed by atoms with Gasteiger partial charge in [0.05, 0.1) is 12.3 Å². The van der Waals surface area contributed by atoms with Gasteiger partial charge < -0.3 is 5.11 Å². The molecule has 0 spiro atoms. The molecule has 14 heavy (non-hydrogen) atoms. The SMILES string of the molecule is OCc1c(F)cccc1-n1cccn1. The van der Waals surface area contributed by atoms with Gasteiger partial charge in [-0.3, -0.25) is 0 Å². The van der Waals surface area contributed by atoms with Gasteiger partial charge in [0, 0.05) is 18.0 Å². The molecule has 0 saturated heterocycles. The van der Waals surface area contributed by atoms with Crippen LogP contribution in [0.4, 0.5) is 4.39 Å². The number of aliphatic hydroxyl groups is 1. The fraction of sp³-hybridized carbons (Fsp3) is 0.100. The molecule has 0 aliphatic carbocycles. The van der Waals surface area contributed by atoms with Gasteiger partial charge in [-0.25, -0.2) is 9.07 Å². The molecule has 0 saturated carbocycles. The lowest BCUT2D eigenvalue weighted by Crippen LogP contribution is -2.02. The van der Waals surface area contributed by atoms with Gasteiger partial charge in [0.1, 0.15) is 5.82 Å². The lowest BCUT2D eigenvalue weighted by Gasteiger charge is -2.07. The highest BCUT2D eigenvalue weighted by Crippen LogP contribution is 2.16. The van der Waals surface area contributed by atoms with E-state index in [0.29, 0.717) is 5.69 Å². The van der Waals surface area contributed by atoms with Gasteiger partial charge >= 0.3 is 0 Å². The van der Waals surface area contributed by atoms with Crippen LogP contribution in [-0.2, 0) is 6.61 Å². The molecular formula is C10H9FN2O. The van der Waals surface area contributed by atoms with Gasteiger partial charge in [-0.15, -0.1) is 0 Å². The minimum absolute atomic E-state index is 0.260. The number of halogens is 1. The number of hydrogen-bond acceptors (Lipinski definition) is 2. The van der Waals surface area contributed by atoms with Crippen LogP contribution in [0.5, 0.6) is 0 Å². The Morgan fingerprint density at radius 2 is 2.21 bits per heavy atom. The maximum atomic E-state index is 13.2. The molecule has 4 heteroatoms. The zero-order chi connectivity index (χ0) is 9.97. The van der Waals surface area contributed by atoms with E-state index in [0.717, 1.165) is 0 Å². The molecule has 2 rings (SSSR count). The molecule has 0 bridgehead atoms. The summed E-state index contributed by atoms with van der Waals surface area (Å²) in [6.07, 6.45) is 3.31. The summed E-state index contributed by atoms with van der Waals surface area (Å²) in [5, 5.41) is 13.0. The number of nitrogens with zero attached hydrogens (tertiary/aromatic N) is 2. The molecule has 72 valence electrons. The van der Waals surface area contributed by atoms with Crippen molar-refractivity contribution in [2.75, 3.05) is 0 Å². The van der Waals surface area contributed by atoms with Crippen LogP contribution in [-0.4, -0.2) is 14.9 Å². The Morgan fingerprint density at radius 3 is 2.86 bits per heavy atom. The van der Waals surface area contributed by atoms with Gasteiger partial charge in [-0.1, -0.05) is 6.07 Å². The normalized spacial score (nSPS) is 10.4. The third-order valence-corrected chi connectivity index (χ3v) is 2.00. The van der Waals surface area contributed by atoms with E-state index in [4.69, 9.17) is 5.11 Å². The number of aliphatic hydroxyl groups excluding tert-OH is 1.